The number of alkyl halides is 1. The van der Waals surface area contributed by atoms with E-state index in [1.807, 2.05) is 61.7 Å². The highest BCUT2D eigenvalue weighted by Gasteiger charge is 2.49. The van der Waals surface area contributed by atoms with Crippen LogP contribution in [0.3, 0.4) is 0 Å². The van der Waals surface area contributed by atoms with E-state index < -0.39 is 5.38 Å². The number of fused-ring (bicyclic) bond motifs is 1. The van der Waals surface area contributed by atoms with Crippen molar-refractivity contribution in [3.05, 3.63) is 81.0 Å². The Balaban J connectivity index is 1.44. The van der Waals surface area contributed by atoms with Gasteiger partial charge in [-0.15, -0.1) is 22.9 Å². The number of hydrogen-bond acceptors (Lipinski definition) is 6. The Morgan fingerprint density at radius 3 is 2.65 bits per heavy atom. The van der Waals surface area contributed by atoms with Crippen LogP contribution in [0.1, 0.15) is 22.7 Å². The molecule has 0 spiro atoms. The highest BCUT2D eigenvalue weighted by molar-refractivity contribution is 7.14. The maximum atomic E-state index is 12.5. The number of hydrogen-bond donors (Lipinski definition) is 1. The number of amides is 1. The van der Waals surface area contributed by atoms with Gasteiger partial charge in [0.05, 0.1) is 6.04 Å². The lowest BCUT2D eigenvalue weighted by Gasteiger charge is -2.42. The molecule has 1 aliphatic heterocycles. The Bertz CT molecular complexity index is 1370. The number of aryl methyl sites for hydroxylation is 2. The van der Waals surface area contributed by atoms with Crippen LogP contribution in [0.2, 0.25) is 0 Å². The number of thiazole rings is 1. The standard InChI is InChI=1S/C23H18ClN3O3S/c1-12-9-19(28)30-17-8-13(2)16(10-15(12)17)25-18-11-31-23(26-18)27-21(20(24)22(27)29)14-6-4-3-5-7-14/h3-11,20-21,25H,1-2H3. The Morgan fingerprint density at radius 1 is 1.10 bits per heavy atom. The van der Waals surface area contributed by atoms with E-state index in [1.54, 1.807) is 4.90 Å². The van der Waals surface area contributed by atoms with Gasteiger partial charge in [-0.05, 0) is 42.7 Å². The summed E-state index contributed by atoms with van der Waals surface area (Å²) in [5.41, 5.74) is 3.79. The van der Waals surface area contributed by atoms with E-state index >= 15 is 0 Å². The molecule has 1 amide bonds. The first-order chi connectivity index (χ1) is 14.9. The van der Waals surface area contributed by atoms with Crippen molar-refractivity contribution in [2.24, 2.45) is 0 Å². The van der Waals surface area contributed by atoms with Gasteiger partial charge in [-0.25, -0.2) is 9.78 Å². The van der Waals surface area contributed by atoms with Crippen molar-refractivity contribution in [2.75, 3.05) is 10.2 Å². The minimum atomic E-state index is -0.594. The number of carbonyl (C=O) groups is 1. The predicted molar refractivity (Wildman–Crippen MR) is 124 cm³/mol. The third-order valence-electron chi connectivity index (χ3n) is 5.43. The number of β-lactam (4-membered cyclic amide) rings is 1. The molecular weight excluding hydrogens is 434 g/mol. The van der Waals surface area contributed by atoms with Gasteiger partial charge >= 0.3 is 5.63 Å². The van der Waals surface area contributed by atoms with E-state index in [9.17, 15) is 9.59 Å². The molecule has 31 heavy (non-hydrogen) atoms. The zero-order valence-corrected chi connectivity index (χ0v) is 18.3. The minimum Gasteiger partial charge on any atom is -0.423 e. The van der Waals surface area contributed by atoms with Gasteiger partial charge in [0.1, 0.15) is 16.8 Å². The van der Waals surface area contributed by atoms with E-state index in [2.05, 4.69) is 10.3 Å². The molecule has 2 atom stereocenters. The van der Waals surface area contributed by atoms with Gasteiger partial charge in [-0.2, -0.15) is 0 Å². The quantitative estimate of drug-likeness (QED) is 0.258. The molecule has 8 heteroatoms. The Hall–Kier alpha value is -3.16. The normalized spacial score (nSPS) is 18.3. The third-order valence-corrected chi connectivity index (χ3v) is 6.69. The van der Waals surface area contributed by atoms with Crippen LogP contribution in [0.25, 0.3) is 11.0 Å². The summed E-state index contributed by atoms with van der Waals surface area (Å²) in [7, 11) is 0. The van der Waals surface area contributed by atoms with Crippen LogP contribution in [-0.2, 0) is 4.79 Å². The largest absolute Gasteiger partial charge is 0.423 e. The lowest BCUT2D eigenvalue weighted by atomic mass is 9.94. The van der Waals surface area contributed by atoms with Crippen molar-refractivity contribution in [2.45, 2.75) is 25.3 Å². The highest BCUT2D eigenvalue weighted by atomic mass is 35.5. The number of nitrogens with zero attached hydrogens (tertiary/aromatic N) is 2. The summed E-state index contributed by atoms with van der Waals surface area (Å²) in [6.07, 6.45) is 0. The van der Waals surface area contributed by atoms with Gasteiger partial charge in [0.2, 0.25) is 5.91 Å². The molecule has 4 aromatic rings. The van der Waals surface area contributed by atoms with E-state index in [1.165, 1.54) is 17.4 Å². The summed E-state index contributed by atoms with van der Waals surface area (Å²) in [6.45, 7) is 3.81. The van der Waals surface area contributed by atoms with Crippen molar-refractivity contribution in [1.29, 1.82) is 0 Å². The monoisotopic (exact) mass is 451 g/mol. The fourth-order valence-corrected chi connectivity index (χ4v) is 4.97. The fraction of sp³-hybridized carbons (Fsp3) is 0.174. The van der Waals surface area contributed by atoms with Crippen LogP contribution in [0, 0.1) is 13.8 Å². The number of benzene rings is 2. The smallest absolute Gasteiger partial charge is 0.336 e. The molecule has 1 saturated heterocycles. The van der Waals surface area contributed by atoms with E-state index in [4.69, 9.17) is 16.0 Å². The van der Waals surface area contributed by atoms with Gasteiger partial charge in [0, 0.05) is 22.5 Å². The molecule has 0 aliphatic carbocycles. The maximum Gasteiger partial charge on any atom is 0.336 e. The summed E-state index contributed by atoms with van der Waals surface area (Å²) >= 11 is 7.71. The summed E-state index contributed by atoms with van der Waals surface area (Å²) < 4.78 is 5.31. The molecule has 0 bridgehead atoms. The second-order valence-corrected chi connectivity index (χ2v) is 8.82. The average Bonchev–Trinajstić information content (AvgIpc) is 3.20. The van der Waals surface area contributed by atoms with Gasteiger partial charge in [0.25, 0.3) is 0 Å². The molecule has 2 aromatic heterocycles. The predicted octanol–water partition coefficient (Wildman–Crippen LogP) is 5.31. The van der Waals surface area contributed by atoms with Crippen LogP contribution in [0.15, 0.2) is 63.1 Å². The molecule has 2 aromatic carbocycles. The molecule has 156 valence electrons. The van der Waals surface area contributed by atoms with E-state index in [0.29, 0.717) is 16.5 Å². The number of rotatable bonds is 4. The highest BCUT2D eigenvalue weighted by Crippen LogP contribution is 2.43. The van der Waals surface area contributed by atoms with Gasteiger partial charge in [0.15, 0.2) is 5.13 Å². The number of aromatic nitrogens is 1. The summed E-state index contributed by atoms with van der Waals surface area (Å²) in [5.74, 6) is 0.485. The first kappa shape index (κ1) is 19.8. The van der Waals surface area contributed by atoms with Crippen LogP contribution < -0.4 is 15.8 Å². The number of halogens is 1. The van der Waals surface area contributed by atoms with Gasteiger partial charge < -0.3 is 9.73 Å². The summed E-state index contributed by atoms with van der Waals surface area (Å²) in [4.78, 5) is 30.4. The molecule has 1 N–H and O–H groups in total. The number of carbonyl (C=O) groups excluding carboxylic acids is 1. The number of anilines is 3. The van der Waals surface area contributed by atoms with Crippen molar-refractivity contribution in [3.8, 4) is 0 Å². The molecule has 5 rings (SSSR count). The fourth-order valence-electron chi connectivity index (χ4n) is 3.81. The SMILES string of the molecule is Cc1cc2oc(=O)cc(C)c2cc1Nc1csc(N2C(=O)C(Cl)C2c2ccccc2)n1. The minimum absolute atomic E-state index is 0.149. The molecule has 3 heterocycles. The molecular formula is C23H18ClN3O3S. The van der Waals surface area contributed by atoms with Crippen LogP contribution in [0.4, 0.5) is 16.6 Å². The molecule has 1 aliphatic rings. The molecule has 0 radical (unpaired) electrons. The zero-order valence-electron chi connectivity index (χ0n) is 16.8. The average molecular weight is 452 g/mol. The second kappa shape index (κ2) is 7.51. The second-order valence-electron chi connectivity index (χ2n) is 7.52. The first-order valence-corrected chi connectivity index (χ1v) is 11.0. The van der Waals surface area contributed by atoms with Crippen LogP contribution >= 0.6 is 22.9 Å². The summed E-state index contributed by atoms with van der Waals surface area (Å²) in [5, 5.41) is 6.05. The van der Waals surface area contributed by atoms with Crippen molar-refractivity contribution >= 4 is 56.5 Å². The Morgan fingerprint density at radius 2 is 1.87 bits per heavy atom. The van der Waals surface area contributed by atoms with Crippen LogP contribution in [-0.4, -0.2) is 16.3 Å². The van der Waals surface area contributed by atoms with Gasteiger partial charge in [-0.1, -0.05) is 30.3 Å². The summed E-state index contributed by atoms with van der Waals surface area (Å²) in [6, 6.07) is 14.7. The lowest BCUT2D eigenvalue weighted by Crippen LogP contribution is -2.56. The maximum absolute atomic E-state index is 12.5. The first-order valence-electron chi connectivity index (χ1n) is 9.72. The topological polar surface area (TPSA) is 75.4 Å². The van der Waals surface area contributed by atoms with E-state index in [-0.39, 0.29) is 17.6 Å². The van der Waals surface area contributed by atoms with Crippen LogP contribution in [0.5, 0.6) is 0 Å². The Labute approximate surface area is 187 Å². The van der Waals surface area contributed by atoms with Crippen molar-refractivity contribution in [1.82, 2.24) is 4.98 Å². The van der Waals surface area contributed by atoms with Crippen molar-refractivity contribution < 1.29 is 9.21 Å². The molecule has 0 saturated carbocycles. The van der Waals surface area contributed by atoms with Gasteiger partial charge in [-0.3, -0.25) is 9.69 Å². The van der Waals surface area contributed by atoms with E-state index in [0.717, 1.165) is 27.8 Å². The Kier molecular flexibility index (Phi) is 4.79. The van der Waals surface area contributed by atoms with Crippen molar-refractivity contribution in [3.63, 3.8) is 0 Å². The zero-order chi connectivity index (χ0) is 21.7. The lowest BCUT2D eigenvalue weighted by molar-refractivity contribution is -0.123. The molecule has 6 nitrogen and oxygen atoms in total. The molecule has 1 fully saturated rings. The molecule has 2 unspecified atom stereocenters. The third kappa shape index (κ3) is 3.40. The number of nitrogens with one attached hydrogen (secondary N) is 1.